The second-order valence-corrected chi connectivity index (χ2v) is 13.5. The largest absolute Gasteiger partial charge is 0.0653 e. The first kappa shape index (κ1) is 25.9. The summed E-state index contributed by atoms with van der Waals surface area (Å²) in [5.74, 6) is 0. The second kappa shape index (κ2) is 8.09. The van der Waals surface area contributed by atoms with Gasteiger partial charge in [-0.15, -0.1) is 0 Å². The van der Waals surface area contributed by atoms with Crippen LogP contribution in [0.15, 0.2) is 36.4 Å². The zero-order valence-corrected chi connectivity index (χ0v) is 25.7. The molecule has 0 heteroatoms. The Kier molecular flexibility index (Phi) is 5.52. The lowest BCUT2D eigenvalue weighted by atomic mass is 9.48. The fourth-order valence-electron chi connectivity index (χ4n) is 10.4. The van der Waals surface area contributed by atoms with Gasteiger partial charge in [-0.05, 0) is 128 Å². The van der Waals surface area contributed by atoms with Crippen molar-refractivity contribution in [3.63, 3.8) is 0 Å². The first-order chi connectivity index (χ1) is 18.0. The van der Waals surface area contributed by atoms with Crippen molar-refractivity contribution in [3.05, 3.63) is 103 Å². The van der Waals surface area contributed by atoms with Gasteiger partial charge in [0.25, 0.3) is 0 Å². The Bertz CT molecular complexity index is 1210. The molecule has 200 valence electrons. The zero-order chi connectivity index (χ0) is 27.4. The zero-order valence-electron chi connectivity index (χ0n) is 25.7. The van der Waals surface area contributed by atoms with Crippen LogP contribution in [0.4, 0.5) is 0 Å². The third kappa shape index (κ3) is 2.47. The van der Waals surface area contributed by atoms with Gasteiger partial charge in [-0.25, -0.2) is 0 Å². The average Bonchev–Trinajstić information content (AvgIpc) is 3.24. The van der Waals surface area contributed by atoms with Gasteiger partial charge in [-0.1, -0.05) is 83.4 Å². The Hall–Kier alpha value is -2.34. The summed E-state index contributed by atoms with van der Waals surface area (Å²) in [6, 6.07) is 15.9. The summed E-state index contributed by atoms with van der Waals surface area (Å²) >= 11 is 0. The van der Waals surface area contributed by atoms with Crippen molar-refractivity contribution in [1.29, 1.82) is 0 Å². The van der Waals surface area contributed by atoms with Gasteiger partial charge in [0.1, 0.15) is 0 Å². The van der Waals surface area contributed by atoms with Crippen molar-refractivity contribution in [3.8, 4) is 0 Å². The molecule has 0 radical (unpaired) electrons. The van der Waals surface area contributed by atoms with E-state index in [9.17, 15) is 0 Å². The minimum absolute atomic E-state index is 0.0223. The van der Waals surface area contributed by atoms with Gasteiger partial charge in [0.2, 0.25) is 0 Å². The molecule has 0 nitrogen and oxygen atoms in total. The molecule has 0 amide bonds. The SMILES string of the molecule is CCCC12c3cc(C)c(C)cc3C3(CCC)c4cc(C)c(C)cc4C(CCC)(c4cc(C)c(C)cc41)C23C. The number of hydrogen-bond acceptors (Lipinski definition) is 0. The van der Waals surface area contributed by atoms with E-state index in [0.717, 1.165) is 0 Å². The van der Waals surface area contributed by atoms with E-state index in [0.29, 0.717) is 0 Å². The van der Waals surface area contributed by atoms with Gasteiger partial charge in [0.05, 0.1) is 0 Å². The van der Waals surface area contributed by atoms with Crippen molar-refractivity contribution in [2.45, 2.75) is 124 Å². The molecule has 0 heterocycles. The van der Waals surface area contributed by atoms with Crippen LogP contribution in [-0.4, -0.2) is 0 Å². The molecule has 3 aliphatic carbocycles. The Morgan fingerprint density at radius 1 is 0.395 bits per heavy atom. The second-order valence-electron chi connectivity index (χ2n) is 13.5. The third-order valence-electron chi connectivity index (χ3n) is 12.1. The smallest absolute Gasteiger partial charge is 0.0286 e. The molecule has 0 saturated carbocycles. The Labute approximate surface area is 232 Å². The Morgan fingerprint density at radius 2 is 0.579 bits per heavy atom. The minimum Gasteiger partial charge on any atom is -0.0653 e. The normalized spacial score (nSPS) is 29.8. The van der Waals surface area contributed by atoms with Gasteiger partial charge in [-0.2, -0.15) is 0 Å². The first-order valence-electron chi connectivity index (χ1n) is 15.4. The van der Waals surface area contributed by atoms with Gasteiger partial charge < -0.3 is 0 Å². The molecule has 0 atom stereocenters. The first-order valence-corrected chi connectivity index (χ1v) is 15.4. The van der Waals surface area contributed by atoms with E-state index in [1.165, 1.54) is 71.9 Å². The molecule has 0 N–H and O–H groups in total. The molecule has 0 saturated heterocycles. The van der Waals surface area contributed by atoms with E-state index >= 15 is 0 Å². The van der Waals surface area contributed by atoms with Crippen LogP contribution in [0.2, 0.25) is 0 Å². The van der Waals surface area contributed by atoms with E-state index in [-0.39, 0.29) is 21.7 Å². The van der Waals surface area contributed by atoms with Gasteiger partial charge in [-0.3, -0.25) is 0 Å². The van der Waals surface area contributed by atoms with Crippen LogP contribution in [0.25, 0.3) is 0 Å². The molecule has 0 unspecified atom stereocenters. The number of aryl methyl sites for hydroxylation is 6. The highest BCUT2D eigenvalue weighted by molar-refractivity contribution is 5.79. The van der Waals surface area contributed by atoms with E-state index in [1.807, 2.05) is 0 Å². The molecule has 0 aromatic heterocycles. The summed E-state index contributed by atoms with van der Waals surface area (Å²) in [5, 5.41) is 0. The van der Waals surface area contributed by atoms with Gasteiger partial charge in [0.15, 0.2) is 0 Å². The van der Waals surface area contributed by atoms with Gasteiger partial charge in [0, 0.05) is 21.7 Å². The van der Waals surface area contributed by atoms with E-state index in [4.69, 9.17) is 0 Å². The molecule has 3 aromatic rings. The molecule has 3 aliphatic rings. The summed E-state index contributed by atoms with van der Waals surface area (Å²) in [6.45, 7) is 24.1. The highest BCUT2D eigenvalue weighted by atomic mass is 14.8. The Morgan fingerprint density at radius 3 is 0.737 bits per heavy atom. The van der Waals surface area contributed by atoms with Crippen LogP contribution in [0.5, 0.6) is 0 Å². The van der Waals surface area contributed by atoms with E-state index < -0.39 is 0 Å². The van der Waals surface area contributed by atoms with Crippen molar-refractivity contribution in [2.24, 2.45) is 5.41 Å². The molecular weight excluding hydrogens is 456 g/mol. The fourth-order valence-corrected chi connectivity index (χ4v) is 10.4. The quantitative estimate of drug-likeness (QED) is 0.313. The molecule has 38 heavy (non-hydrogen) atoms. The highest BCUT2D eigenvalue weighted by Crippen LogP contribution is 2.85. The van der Waals surface area contributed by atoms with E-state index in [2.05, 4.69) is 106 Å². The maximum atomic E-state index is 2.77. The maximum absolute atomic E-state index is 2.77. The molecule has 0 aliphatic heterocycles. The van der Waals surface area contributed by atoms with Crippen LogP contribution >= 0.6 is 0 Å². The monoisotopic (exact) mass is 504 g/mol. The standard InChI is InChI=1S/C38H48/c1-11-14-36-29-17-23(4)25(6)19-31(29)37(15-12-2)33-21-27(8)28(9)22-34(33)38(16-13-3,35(36,37)10)32-20-26(7)24(5)18-30(32)36/h17-22H,11-16H2,1-10H3. The molecule has 0 fully saturated rings. The van der Waals surface area contributed by atoms with Crippen molar-refractivity contribution < 1.29 is 0 Å². The molecule has 3 aromatic carbocycles. The summed E-state index contributed by atoms with van der Waals surface area (Å²) in [5.41, 5.74) is 18.8. The molecular formula is C38H48. The number of benzene rings is 3. The van der Waals surface area contributed by atoms with Crippen LogP contribution in [0, 0.1) is 47.0 Å². The lowest BCUT2D eigenvalue weighted by Gasteiger charge is -2.53. The highest BCUT2D eigenvalue weighted by Gasteiger charge is 2.82. The number of rotatable bonds is 6. The van der Waals surface area contributed by atoms with Gasteiger partial charge >= 0.3 is 0 Å². The van der Waals surface area contributed by atoms with Crippen LogP contribution in [-0.2, 0) is 16.2 Å². The molecule has 0 spiro atoms. The molecule has 0 bridgehead atoms. The number of fused-ring (bicyclic) bond motifs is 9. The predicted octanol–water partition coefficient (Wildman–Crippen LogP) is 10.1. The van der Waals surface area contributed by atoms with Crippen molar-refractivity contribution in [2.75, 3.05) is 0 Å². The van der Waals surface area contributed by atoms with E-state index in [1.54, 1.807) is 33.4 Å². The number of hydrogen-bond donors (Lipinski definition) is 0. The fraction of sp³-hybridized carbons (Fsp3) is 0.526. The summed E-state index contributed by atoms with van der Waals surface area (Å²) in [6.07, 6.45) is 7.26. The van der Waals surface area contributed by atoms with Crippen LogP contribution < -0.4 is 0 Å². The summed E-state index contributed by atoms with van der Waals surface area (Å²) in [4.78, 5) is 0. The molecule has 6 rings (SSSR count). The maximum Gasteiger partial charge on any atom is 0.0286 e. The third-order valence-corrected chi connectivity index (χ3v) is 12.1. The predicted molar refractivity (Wildman–Crippen MR) is 163 cm³/mol. The Balaban J connectivity index is 1.95. The lowest BCUT2D eigenvalue weighted by Crippen LogP contribution is -2.54. The lowest BCUT2D eigenvalue weighted by molar-refractivity contribution is 0.0540. The summed E-state index contributed by atoms with van der Waals surface area (Å²) < 4.78 is 0. The van der Waals surface area contributed by atoms with Crippen LogP contribution in [0.1, 0.15) is 133 Å². The van der Waals surface area contributed by atoms with Crippen molar-refractivity contribution >= 4 is 0 Å². The average molecular weight is 505 g/mol. The minimum atomic E-state index is 0.0223. The van der Waals surface area contributed by atoms with Crippen LogP contribution in [0.3, 0.4) is 0 Å². The topological polar surface area (TPSA) is 0 Å². The summed E-state index contributed by atoms with van der Waals surface area (Å²) in [7, 11) is 0. The van der Waals surface area contributed by atoms with Crippen molar-refractivity contribution in [1.82, 2.24) is 0 Å².